The molecule has 0 saturated carbocycles. The van der Waals surface area contributed by atoms with Crippen molar-refractivity contribution in [2.45, 2.75) is 6.92 Å². The molecule has 0 saturated heterocycles. The van der Waals surface area contributed by atoms with Crippen LogP contribution in [0.25, 0.3) is 6.08 Å². The number of esters is 1. The van der Waals surface area contributed by atoms with Gasteiger partial charge in [-0.05, 0) is 31.2 Å². The summed E-state index contributed by atoms with van der Waals surface area (Å²) in [6.45, 7) is 1.98. The highest BCUT2D eigenvalue weighted by atomic mass is 16.6. The number of aliphatic imine (C=N–C) groups is 1. The third kappa shape index (κ3) is 2.76. The van der Waals surface area contributed by atoms with Gasteiger partial charge in [0.2, 0.25) is 5.90 Å². The van der Waals surface area contributed by atoms with Crippen LogP contribution in [-0.2, 0) is 9.53 Å². The van der Waals surface area contributed by atoms with E-state index in [1.54, 1.807) is 13.2 Å². The zero-order chi connectivity index (χ0) is 15.5. The Hall–Kier alpha value is -2.88. The molecule has 0 spiro atoms. The van der Waals surface area contributed by atoms with Crippen LogP contribution in [0.15, 0.2) is 59.2 Å². The van der Waals surface area contributed by atoms with Crippen molar-refractivity contribution in [2.24, 2.45) is 4.99 Å². The molecule has 2 aromatic carbocycles. The third-order valence-corrected chi connectivity index (χ3v) is 3.32. The molecule has 0 N–H and O–H groups in total. The summed E-state index contributed by atoms with van der Waals surface area (Å²) < 4.78 is 10.5. The molecule has 1 aliphatic rings. The van der Waals surface area contributed by atoms with Crippen LogP contribution in [0.4, 0.5) is 0 Å². The number of benzene rings is 2. The predicted molar refractivity (Wildman–Crippen MR) is 84.8 cm³/mol. The van der Waals surface area contributed by atoms with Crippen molar-refractivity contribution in [3.63, 3.8) is 0 Å². The first-order valence-corrected chi connectivity index (χ1v) is 6.90. The number of nitrogens with zero attached hydrogens (tertiary/aromatic N) is 1. The third-order valence-electron chi connectivity index (χ3n) is 3.32. The summed E-state index contributed by atoms with van der Waals surface area (Å²) >= 11 is 0. The molecule has 0 unspecified atom stereocenters. The van der Waals surface area contributed by atoms with Gasteiger partial charge >= 0.3 is 5.97 Å². The molecule has 0 atom stereocenters. The lowest BCUT2D eigenvalue weighted by molar-refractivity contribution is -0.129. The lowest BCUT2D eigenvalue weighted by Gasteiger charge is -2.03. The first-order valence-electron chi connectivity index (χ1n) is 6.90. The Morgan fingerprint density at radius 1 is 1.14 bits per heavy atom. The summed E-state index contributed by atoms with van der Waals surface area (Å²) in [5.74, 6) is 0.555. The average Bonchev–Trinajstić information content (AvgIpc) is 2.89. The zero-order valence-electron chi connectivity index (χ0n) is 12.4. The van der Waals surface area contributed by atoms with E-state index in [9.17, 15) is 4.79 Å². The SMILES string of the molecule is COc1ccccc1/C=C1/N=C(c2cccc(C)c2)OC1=O. The van der Waals surface area contributed by atoms with Gasteiger partial charge in [-0.15, -0.1) is 0 Å². The monoisotopic (exact) mass is 293 g/mol. The van der Waals surface area contributed by atoms with Gasteiger partial charge in [-0.3, -0.25) is 0 Å². The van der Waals surface area contributed by atoms with E-state index in [1.165, 1.54) is 0 Å². The van der Waals surface area contributed by atoms with Crippen LogP contribution in [0.5, 0.6) is 5.75 Å². The smallest absolute Gasteiger partial charge is 0.363 e. The summed E-state index contributed by atoms with van der Waals surface area (Å²) in [7, 11) is 1.59. The summed E-state index contributed by atoms with van der Waals surface area (Å²) in [4.78, 5) is 16.3. The minimum atomic E-state index is -0.456. The van der Waals surface area contributed by atoms with Gasteiger partial charge in [0.25, 0.3) is 0 Å². The minimum absolute atomic E-state index is 0.265. The minimum Gasteiger partial charge on any atom is -0.496 e. The van der Waals surface area contributed by atoms with Crippen molar-refractivity contribution in [2.75, 3.05) is 7.11 Å². The van der Waals surface area contributed by atoms with Crippen LogP contribution in [-0.4, -0.2) is 19.0 Å². The predicted octanol–water partition coefficient (Wildman–Crippen LogP) is 3.35. The number of rotatable bonds is 3. The molecule has 1 heterocycles. The number of cyclic esters (lactones) is 1. The van der Waals surface area contributed by atoms with Crippen molar-refractivity contribution in [3.05, 3.63) is 70.9 Å². The zero-order valence-corrected chi connectivity index (χ0v) is 12.4. The van der Waals surface area contributed by atoms with Crippen LogP contribution in [0.3, 0.4) is 0 Å². The van der Waals surface area contributed by atoms with Gasteiger partial charge in [0.05, 0.1) is 7.11 Å². The molecule has 0 aliphatic carbocycles. The number of para-hydroxylation sites is 1. The van der Waals surface area contributed by atoms with Crippen LogP contribution in [0.1, 0.15) is 16.7 Å². The summed E-state index contributed by atoms with van der Waals surface area (Å²) in [5.41, 5.74) is 2.92. The molecule has 4 nitrogen and oxygen atoms in total. The summed E-state index contributed by atoms with van der Waals surface area (Å²) in [6, 6.07) is 15.1. The lowest BCUT2D eigenvalue weighted by Crippen LogP contribution is -2.05. The molecule has 0 fully saturated rings. The van der Waals surface area contributed by atoms with Crippen molar-refractivity contribution >= 4 is 17.9 Å². The highest BCUT2D eigenvalue weighted by Gasteiger charge is 2.24. The molecule has 0 aromatic heterocycles. The Morgan fingerprint density at radius 3 is 2.73 bits per heavy atom. The maximum atomic E-state index is 12.0. The van der Waals surface area contributed by atoms with Gasteiger partial charge in [0, 0.05) is 11.1 Å². The van der Waals surface area contributed by atoms with E-state index in [0.717, 1.165) is 16.7 Å². The maximum absolute atomic E-state index is 12.0. The largest absolute Gasteiger partial charge is 0.496 e. The molecule has 0 radical (unpaired) electrons. The van der Waals surface area contributed by atoms with Crippen LogP contribution < -0.4 is 4.74 Å². The molecular formula is C18H15NO3. The van der Waals surface area contributed by atoms with Gasteiger partial charge in [-0.1, -0.05) is 35.9 Å². The fraction of sp³-hybridized carbons (Fsp3) is 0.111. The molecule has 22 heavy (non-hydrogen) atoms. The Labute approximate surface area is 128 Å². The van der Waals surface area contributed by atoms with Gasteiger partial charge in [0.15, 0.2) is 5.70 Å². The Bertz CT molecular complexity index is 790. The summed E-state index contributed by atoms with van der Waals surface area (Å²) in [6.07, 6.45) is 1.67. The topological polar surface area (TPSA) is 47.9 Å². The van der Waals surface area contributed by atoms with E-state index in [2.05, 4.69) is 4.99 Å². The number of hydrogen-bond acceptors (Lipinski definition) is 4. The molecule has 4 heteroatoms. The quantitative estimate of drug-likeness (QED) is 0.644. The lowest BCUT2D eigenvalue weighted by atomic mass is 10.1. The van der Waals surface area contributed by atoms with Crippen molar-refractivity contribution in [1.29, 1.82) is 0 Å². The second-order valence-electron chi connectivity index (χ2n) is 4.95. The Balaban J connectivity index is 1.98. The van der Waals surface area contributed by atoms with Gasteiger partial charge in [-0.2, -0.15) is 0 Å². The van der Waals surface area contributed by atoms with Crippen molar-refractivity contribution in [3.8, 4) is 5.75 Å². The number of carbonyl (C=O) groups is 1. The number of methoxy groups -OCH3 is 1. The van der Waals surface area contributed by atoms with Crippen molar-refractivity contribution in [1.82, 2.24) is 0 Å². The molecular weight excluding hydrogens is 278 g/mol. The first-order chi connectivity index (χ1) is 10.7. The van der Waals surface area contributed by atoms with Gasteiger partial charge < -0.3 is 9.47 Å². The molecule has 2 aromatic rings. The Kier molecular flexibility index (Phi) is 3.74. The number of aryl methyl sites for hydroxylation is 1. The second kappa shape index (κ2) is 5.85. The highest BCUT2D eigenvalue weighted by Crippen LogP contribution is 2.24. The van der Waals surface area contributed by atoms with E-state index >= 15 is 0 Å². The van der Waals surface area contributed by atoms with Crippen molar-refractivity contribution < 1.29 is 14.3 Å². The van der Waals surface area contributed by atoms with Gasteiger partial charge in [-0.25, -0.2) is 9.79 Å². The standard InChI is InChI=1S/C18H15NO3/c1-12-6-5-8-14(10-12)17-19-15(18(20)22-17)11-13-7-3-4-9-16(13)21-2/h3-11H,1-2H3/b15-11+. The van der Waals surface area contributed by atoms with E-state index in [0.29, 0.717) is 11.6 Å². The second-order valence-corrected chi connectivity index (χ2v) is 4.95. The first kappa shape index (κ1) is 14.1. The maximum Gasteiger partial charge on any atom is 0.363 e. The molecule has 110 valence electrons. The number of hydrogen-bond donors (Lipinski definition) is 0. The number of carbonyl (C=O) groups excluding carboxylic acids is 1. The Morgan fingerprint density at radius 2 is 1.95 bits per heavy atom. The highest BCUT2D eigenvalue weighted by molar-refractivity contribution is 6.13. The van der Waals surface area contributed by atoms with Crippen LogP contribution >= 0.6 is 0 Å². The average molecular weight is 293 g/mol. The molecule has 0 bridgehead atoms. The van der Waals surface area contributed by atoms with E-state index < -0.39 is 5.97 Å². The van der Waals surface area contributed by atoms with Crippen LogP contribution in [0, 0.1) is 6.92 Å². The molecule has 1 aliphatic heterocycles. The van der Waals surface area contributed by atoms with E-state index in [1.807, 2.05) is 55.5 Å². The molecule has 0 amide bonds. The van der Waals surface area contributed by atoms with E-state index in [4.69, 9.17) is 9.47 Å². The number of ether oxygens (including phenoxy) is 2. The fourth-order valence-corrected chi connectivity index (χ4v) is 2.24. The fourth-order valence-electron chi connectivity index (χ4n) is 2.24. The van der Waals surface area contributed by atoms with E-state index in [-0.39, 0.29) is 5.70 Å². The van der Waals surface area contributed by atoms with Gasteiger partial charge in [0.1, 0.15) is 5.75 Å². The molecule has 3 rings (SSSR count). The van der Waals surface area contributed by atoms with Crippen LogP contribution in [0.2, 0.25) is 0 Å². The summed E-state index contributed by atoms with van der Waals surface area (Å²) in [5, 5.41) is 0. The normalized spacial score (nSPS) is 15.6.